The zero-order valence-electron chi connectivity index (χ0n) is 10.3. The van der Waals surface area contributed by atoms with E-state index in [0.29, 0.717) is 12.1 Å². The van der Waals surface area contributed by atoms with Gasteiger partial charge in [-0.05, 0) is 6.07 Å². The van der Waals surface area contributed by atoms with Gasteiger partial charge in [-0.25, -0.2) is 4.98 Å². The van der Waals surface area contributed by atoms with Gasteiger partial charge in [0.15, 0.2) is 0 Å². The SMILES string of the molecule is CN(Cc1cscn1)C(=O)c1csc(C#CCO)c1. The molecule has 0 aliphatic rings. The average molecular weight is 292 g/mol. The maximum Gasteiger partial charge on any atom is 0.254 e. The molecule has 2 heterocycles. The molecule has 2 aromatic heterocycles. The molecule has 0 fully saturated rings. The summed E-state index contributed by atoms with van der Waals surface area (Å²) < 4.78 is 0. The number of amides is 1. The number of aliphatic hydroxyl groups is 1. The van der Waals surface area contributed by atoms with Crippen molar-refractivity contribution in [3.05, 3.63) is 38.5 Å². The van der Waals surface area contributed by atoms with Crippen molar-refractivity contribution in [2.24, 2.45) is 0 Å². The molecular formula is C13H12N2O2S2. The van der Waals surface area contributed by atoms with Crippen molar-refractivity contribution in [3.63, 3.8) is 0 Å². The Morgan fingerprint density at radius 2 is 2.37 bits per heavy atom. The van der Waals surface area contributed by atoms with Crippen LogP contribution in [0.3, 0.4) is 0 Å². The third kappa shape index (κ3) is 3.64. The summed E-state index contributed by atoms with van der Waals surface area (Å²) in [6, 6.07) is 1.74. The minimum absolute atomic E-state index is 0.0544. The van der Waals surface area contributed by atoms with Gasteiger partial charge in [-0.2, -0.15) is 0 Å². The van der Waals surface area contributed by atoms with Gasteiger partial charge in [-0.15, -0.1) is 22.7 Å². The summed E-state index contributed by atoms with van der Waals surface area (Å²) in [5, 5.41) is 12.3. The molecule has 4 nitrogen and oxygen atoms in total. The zero-order valence-corrected chi connectivity index (χ0v) is 11.9. The van der Waals surface area contributed by atoms with E-state index in [1.165, 1.54) is 22.7 Å². The normalized spacial score (nSPS) is 9.79. The monoisotopic (exact) mass is 292 g/mol. The summed E-state index contributed by atoms with van der Waals surface area (Å²) in [5.74, 6) is 5.30. The first-order valence-corrected chi connectivity index (χ1v) is 7.33. The molecule has 6 heteroatoms. The van der Waals surface area contributed by atoms with Crippen LogP contribution in [-0.4, -0.2) is 34.6 Å². The smallest absolute Gasteiger partial charge is 0.254 e. The van der Waals surface area contributed by atoms with Crippen LogP contribution in [0.4, 0.5) is 0 Å². The third-order valence-corrected chi connectivity index (χ3v) is 3.85. The van der Waals surface area contributed by atoms with Crippen molar-refractivity contribution in [2.45, 2.75) is 6.54 Å². The molecule has 2 aromatic rings. The highest BCUT2D eigenvalue weighted by molar-refractivity contribution is 7.10. The Morgan fingerprint density at radius 1 is 1.53 bits per heavy atom. The van der Waals surface area contributed by atoms with Crippen LogP contribution in [0, 0.1) is 11.8 Å². The second kappa shape index (κ2) is 6.48. The number of rotatable bonds is 3. The maximum atomic E-state index is 12.2. The van der Waals surface area contributed by atoms with E-state index >= 15 is 0 Å². The van der Waals surface area contributed by atoms with Gasteiger partial charge in [0.2, 0.25) is 0 Å². The highest BCUT2D eigenvalue weighted by Gasteiger charge is 2.14. The van der Waals surface area contributed by atoms with Crippen molar-refractivity contribution in [3.8, 4) is 11.8 Å². The van der Waals surface area contributed by atoms with Crippen molar-refractivity contribution < 1.29 is 9.90 Å². The Kier molecular flexibility index (Phi) is 4.68. The Hall–Kier alpha value is -1.68. The van der Waals surface area contributed by atoms with E-state index in [9.17, 15) is 4.79 Å². The lowest BCUT2D eigenvalue weighted by Crippen LogP contribution is -2.25. The van der Waals surface area contributed by atoms with E-state index < -0.39 is 0 Å². The van der Waals surface area contributed by atoms with E-state index in [-0.39, 0.29) is 12.5 Å². The summed E-state index contributed by atoms with van der Waals surface area (Å²) >= 11 is 2.91. The van der Waals surface area contributed by atoms with Crippen LogP contribution < -0.4 is 0 Å². The molecule has 1 amide bonds. The Balaban J connectivity index is 2.04. The number of aliphatic hydroxyl groups excluding tert-OH is 1. The molecule has 0 aliphatic heterocycles. The molecule has 2 rings (SSSR count). The van der Waals surface area contributed by atoms with Crippen LogP contribution in [0.5, 0.6) is 0 Å². The van der Waals surface area contributed by atoms with Crippen molar-refractivity contribution in [1.29, 1.82) is 0 Å². The fourth-order valence-electron chi connectivity index (χ4n) is 1.49. The first-order valence-electron chi connectivity index (χ1n) is 5.51. The summed E-state index contributed by atoms with van der Waals surface area (Å²) in [6.07, 6.45) is 0. The summed E-state index contributed by atoms with van der Waals surface area (Å²) in [7, 11) is 1.75. The van der Waals surface area contributed by atoms with Crippen molar-refractivity contribution in [2.75, 3.05) is 13.7 Å². The van der Waals surface area contributed by atoms with E-state index in [2.05, 4.69) is 16.8 Å². The summed E-state index contributed by atoms with van der Waals surface area (Å²) in [5.41, 5.74) is 3.25. The van der Waals surface area contributed by atoms with Crippen LogP contribution in [0.15, 0.2) is 22.3 Å². The Bertz CT molecular complexity index is 608. The molecule has 98 valence electrons. The standard InChI is InChI=1S/C13H12N2O2S2/c1-15(6-11-8-18-9-14-11)13(17)10-5-12(19-7-10)3-2-4-16/h5,7-9,16H,4,6H2,1H3. The summed E-state index contributed by atoms with van der Waals surface area (Å²) in [6.45, 7) is 0.320. The van der Waals surface area contributed by atoms with Gasteiger partial charge >= 0.3 is 0 Å². The minimum atomic E-state index is -0.176. The number of carbonyl (C=O) groups is 1. The molecule has 0 bridgehead atoms. The van der Waals surface area contributed by atoms with Gasteiger partial charge < -0.3 is 10.0 Å². The fourth-order valence-corrected chi connectivity index (χ4v) is 2.79. The molecule has 19 heavy (non-hydrogen) atoms. The fraction of sp³-hybridized carbons (Fsp3) is 0.231. The predicted octanol–water partition coefficient (Wildman–Crippen LogP) is 1.82. The number of thiazole rings is 1. The second-order valence-electron chi connectivity index (χ2n) is 3.80. The lowest BCUT2D eigenvalue weighted by atomic mass is 10.2. The van der Waals surface area contributed by atoms with E-state index in [1.807, 2.05) is 5.38 Å². The molecule has 0 atom stereocenters. The number of thiophene rings is 1. The summed E-state index contributed by atoms with van der Waals surface area (Å²) in [4.78, 5) is 18.7. The first-order chi connectivity index (χ1) is 9.20. The van der Waals surface area contributed by atoms with Crippen LogP contribution in [0.1, 0.15) is 20.9 Å². The highest BCUT2D eigenvalue weighted by atomic mass is 32.1. The van der Waals surface area contributed by atoms with Crippen LogP contribution >= 0.6 is 22.7 Å². The van der Waals surface area contributed by atoms with Gasteiger partial charge in [0.05, 0.1) is 28.2 Å². The second-order valence-corrected chi connectivity index (χ2v) is 5.43. The number of hydrogen-bond donors (Lipinski definition) is 1. The number of aromatic nitrogens is 1. The number of nitrogens with zero attached hydrogens (tertiary/aromatic N) is 2. The maximum absolute atomic E-state index is 12.2. The zero-order chi connectivity index (χ0) is 13.7. The third-order valence-electron chi connectivity index (χ3n) is 2.37. The molecule has 0 saturated heterocycles. The largest absolute Gasteiger partial charge is 0.384 e. The van der Waals surface area contributed by atoms with Crippen LogP contribution in [-0.2, 0) is 6.54 Å². The molecule has 1 N–H and O–H groups in total. The van der Waals surface area contributed by atoms with Crippen LogP contribution in [0.2, 0.25) is 0 Å². The molecule has 0 aromatic carbocycles. The lowest BCUT2D eigenvalue weighted by Gasteiger charge is -2.14. The average Bonchev–Trinajstić information content (AvgIpc) is 3.06. The molecule has 0 aliphatic carbocycles. The van der Waals surface area contributed by atoms with E-state index in [1.54, 1.807) is 28.9 Å². The van der Waals surface area contributed by atoms with Gasteiger partial charge in [0, 0.05) is 17.8 Å². The molecule has 0 saturated carbocycles. The van der Waals surface area contributed by atoms with Gasteiger partial charge in [0.1, 0.15) is 6.61 Å². The van der Waals surface area contributed by atoms with Crippen LogP contribution in [0.25, 0.3) is 0 Å². The van der Waals surface area contributed by atoms with Crippen molar-refractivity contribution >= 4 is 28.6 Å². The molecular weight excluding hydrogens is 280 g/mol. The van der Waals surface area contributed by atoms with Crippen molar-refractivity contribution in [1.82, 2.24) is 9.88 Å². The van der Waals surface area contributed by atoms with Gasteiger partial charge in [0.25, 0.3) is 5.91 Å². The van der Waals surface area contributed by atoms with Gasteiger partial charge in [-0.1, -0.05) is 11.8 Å². The minimum Gasteiger partial charge on any atom is -0.384 e. The quantitative estimate of drug-likeness (QED) is 0.878. The Labute approximate surface area is 119 Å². The molecule has 0 radical (unpaired) electrons. The van der Waals surface area contributed by atoms with Gasteiger partial charge in [-0.3, -0.25) is 4.79 Å². The first kappa shape index (κ1) is 13.7. The predicted molar refractivity (Wildman–Crippen MR) is 76.2 cm³/mol. The molecule has 0 unspecified atom stereocenters. The number of carbonyl (C=O) groups excluding carboxylic acids is 1. The van der Waals surface area contributed by atoms with E-state index in [4.69, 9.17) is 5.11 Å². The number of hydrogen-bond acceptors (Lipinski definition) is 5. The van der Waals surface area contributed by atoms with E-state index in [0.717, 1.165) is 10.6 Å². The highest BCUT2D eigenvalue weighted by Crippen LogP contribution is 2.16. The molecule has 0 spiro atoms. The lowest BCUT2D eigenvalue weighted by molar-refractivity contribution is 0.0784. The Morgan fingerprint density at radius 3 is 3.05 bits per heavy atom. The topological polar surface area (TPSA) is 53.4 Å².